The Balaban J connectivity index is 2.13. The van der Waals surface area contributed by atoms with Gasteiger partial charge in [-0.3, -0.25) is 9.36 Å². The zero-order chi connectivity index (χ0) is 16.6. The number of carboxylic acids is 1. The molecular formula is C16H11FN2O4. The van der Waals surface area contributed by atoms with Crippen molar-refractivity contribution in [3.05, 3.63) is 80.2 Å². The minimum absolute atomic E-state index is 0.00886. The number of carbonyl (C=O) groups is 1. The SMILES string of the molecule is O=C(O)c1ccc2c(=O)n(Cc3ccc(F)cc3)c(=O)[nH]c2c1. The van der Waals surface area contributed by atoms with Gasteiger partial charge in [-0.1, -0.05) is 12.1 Å². The highest BCUT2D eigenvalue weighted by Gasteiger charge is 2.11. The highest BCUT2D eigenvalue weighted by atomic mass is 19.1. The Morgan fingerprint density at radius 1 is 1.13 bits per heavy atom. The first kappa shape index (κ1) is 14.7. The van der Waals surface area contributed by atoms with Crippen LogP contribution in [0.5, 0.6) is 0 Å². The fraction of sp³-hybridized carbons (Fsp3) is 0.0625. The molecule has 0 atom stereocenters. The second kappa shape index (κ2) is 5.53. The molecule has 0 saturated carbocycles. The Bertz CT molecular complexity index is 1020. The molecule has 6 nitrogen and oxygen atoms in total. The molecule has 23 heavy (non-hydrogen) atoms. The third kappa shape index (κ3) is 2.76. The third-order valence-corrected chi connectivity index (χ3v) is 3.48. The van der Waals surface area contributed by atoms with E-state index in [-0.39, 0.29) is 23.0 Å². The van der Waals surface area contributed by atoms with E-state index in [4.69, 9.17) is 5.11 Å². The highest BCUT2D eigenvalue weighted by Crippen LogP contribution is 2.10. The van der Waals surface area contributed by atoms with Crippen molar-refractivity contribution in [2.24, 2.45) is 0 Å². The molecule has 116 valence electrons. The average molecular weight is 314 g/mol. The lowest BCUT2D eigenvalue weighted by Crippen LogP contribution is -2.35. The van der Waals surface area contributed by atoms with Gasteiger partial charge in [0.25, 0.3) is 5.56 Å². The van der Waals surface area contributed by atoms with Gasteiger partial charge in [0.15, 0.2) is 0 Å². The Hall–Kier alpha value is -3.22. The zero-order valence-electron chi connectivity index (χ0n) is 11.7. The predicted octanol–water partition coefficient (Wildman–Crippen LogP) is 1.58. The second-order valence-corrected chi connectivity index (χ2v) is 5.01. The standard InChI is InChI=1S/C16H11FN2O4/c17-11-4-1-9(2-5-11)8-19-14(20)12-6-3-10(15(21)22)7-13(12)18-16(19)23/h1-7H,8H2,(H,18,23)(H,21,22). The van der Waals surface area contributed by atoms with Crippen molar-refractivity contribution in [2.45, 2.75) is 6.54 Å². The van der Waals surface area contributed by atoms with Crippen molar-refractivity contribution < 1.29 is 14.3 Å². The van der Waals surface area contributed by atoms with Crippen LogP contribution in [0, 0.1) is 5.82 Å². The van der Waals surface area contributed by atoms with Gasteiger partial charge in [-0.15, -0.1) is 0 Å². The van der Waals surface area contributed by atoms with E-state index >= 15 is 0 Å². The first-order valence-corrected chi connectivity index (χ1v) is 6.70. The summed E-state index contributed by atoms with van der Waals surface area (Å²) in [6.45, 7) is -0.00886. The van der Waals surface area contributed by atoms with Crippen molar-refractivity contribution in [1.82, 2.24) is 9.55 Å². The molecule has 0 saturated heterocycles. The van der Waals surface area contributed by atoms with Crippen LogP contribution in [0.2, 0.25) is 0 Å². The molecule has 3 rings (SSSR count). The van der Waals surface area contributed by atoms with Crippen LogP contribution in [0.25, 0.3) is 10.9 Å². The normalized spacial score (nSPS) is 10.8. The number of hydrogen-bond donors (Lipinski definition) is 2. The topological polar surface area (TPSA) is 92.2 Å². The lowest BCUT2D eigenvalue weighted by molar-refractivity contribution is 0.0697. The number of carboxylic acid groups (broad SMARTS) is 1. The van der Waals surface area contributed by atoms with Crippen molar-refractivity contribution in [3.8, 4) is 0 Å². The van der Waals surface area contributed by atoms with Crippen LogP contribution in [0.3, 0.4) is 0 Å². The predicted molar refractivity (Wildman–Crippen MR) is 81.3 cm³/mol. The number of aromatic carboxylic acids is 1. The molecule has 0 fully saturated rings. The summed E-state index contributed by atoms with van der Waals surface area (Å²) in [6.07, 6.45) is 0. The summed E-state index contributed by atoms with van der Waals surface area (Å²) < 4.78 is 13.9. The van der Waals surface area contributed by atoms with E-state index < -0.39 is 23.0 Å². The van der Waals surface area contributed by atoms with Crippen molar-refractivity contribution in [1.29, 1.82) is 0 Å². The number of aromatic nitrogens is 2. The summed E-state index contributed by atoms with van der Waals surface area (Å²) in [6, 6.07) is 9.36. The van der Waals surface area contributed by atoms with Gasteiger partial charge < -0.3 is 10.1 Å². The lowest BCUT2D eigenvalue weighted by atomic mass is 10.1. The number of rotatable bonds is 3. The van der Waals surface area contributed by atoms with Gasteiger partial charge in [0, 0.05) is 0 Å². The number of fused-ring (bicyclic) bond motifs is 1. The molecule has 0 radical (unpaired) electrons. The molecule has 2 aromatic carbocycles. The van der Waals surface area contributed by atoms with E-state index in [2.05, 4.69) is 4.98 Å². The Morgan fingerprint density at radius 2 is 1.83 bits per heavy atom. The minimum Gasteiger partial charge on any atom is -0.478 e. The average Bonchev–Trinajstić information content (AvgIpc) is 2.52. The Kier molecular flexibility index (Phi) is 3.53. The van der Waals surface area contributed by atoms with E-state index in [1.807, 2.05) is 0 Å². The van der Waals surface area contributed by atoms with Gasteiger partial charge in [-0.25, -0.2) is 14.0 Å². The van der Waals surface area contributed by atoms with E-state index in [1.165, 1.54) is 42.5 Å². The quantitative estimate of drug-likeness (QED) is 0.767. The molecule has 1 heterocycles. The number of halogens is 1. The van der Waals surface area contributed by atoms with Crippen LogP contribution in [-0.2, 0) is 6.54 Å². The molecule has 7 heteroatoms. The lowest BCUT2D eigenvalue weighted by Gasteiger charge is -2.07. The van der Waals surface area contributed by atoms with Crippen molar-refractivity contribution in [3.63, 3.8) is 0 Å². The largest absolute Gasteiger partial charge is 0.478 e. The van der Waals surface area contributed by atoms with Crippen molar-refractivity contribution in [2.75, 3.05) is 0 Å². The molecule has 0 aliphatic rings. The van der Waals surface area contributed by atoms with Gasteiger partial charge in [0.1, 0.15) is 5.82 Å². The Morgan fingerprint density at radius 3 is 2.48 bits per heavy atom. The number of benzene rings is 2. The zero-order valence-corrected chi connectivity index (χ0v) is 11.7. The first-order valence-electron chi connectivity index (χ1n) is 6.70. The second-order valence-electron chi connectivity index (χ2n) is 5.01. The fourth-order valence-electron chi connectivity index (χ4n) is 2.30. The van der Waals surface area contributed by atoms with Gasteiger partial charge in [-0.2, -0.15) is 0 Å². The van der Waals surface area contributed by atoms with Gasteiger partial charge in [0.05, 0.1) is 23.0 Å². The molecule has 0 bridgehead atoms. The smallest absolute Gasteiger partial charge is 0.335 e. The Labute approximate surface area is 128 Å². The third-order valence-electron chi connectivity index (χ3n) is 3.48. The summed E-state index contributed by atoms with van der Waals surface area (Å²) in [5, 5.41) is 9.15. The summed E-state index contributed by atoms with van der Waals surface area (Å²) in [7, 11) is 0. The molecular weight excluding hydrogens is 303 g/mol. The molecule has 0 aliphatic heterocycles. The van der Waals surface area contributed by atoms with Gasteiger partial charge >= 0.3 is 11.7 Å². The number of H-pyrrole nitrogens is 1. The van der Waals surface area contributed by atoms with Crippen LogP contribution in [0.15, 0.2) is 52.1 Å². The van der Waals surface area contributed by atoms with E-state index in [1.54, 1.807) is 0 Å². The van der Waals surface area contributed by atoms with E-state index in [0.717, 1.165) is 4.57 Å². The number of hydrogen-bond acceptors (Lipinski definition) is 3. The summed E-state index contributed by atoms with van der Waals surface area (Å²) in [4.78, 5) is 38.0. The molecule has 0 spiro atoms. The van der Waals surface area contributed by atoms with E-state index in [0.29, 0.717) is 5.56 Å². The summed E-state index contributed by atoms with van der Waals surface area (Å²) >= 11 is 0. The number of nitrogens with zero attached hydrogens (tertiary/aromatic N) is 1. The maximum absolute atomic E-state index is 12.9. The highest BCUT2D eigenvalue weighted by molar-refractivity contribution is 5.92. The van der Waals surface area contributed by atoms with Gasteiger partial charge in [-0.05, 0) is 35.9 Å². The van der Waals surface area contributed by atoms with Crippen LogP contribution in [-0.4, -0.2) is 20.6 Å². The number of nitrogens with one attached hydrogen (secondary N) is 1. The molecule has 3 aromatic rings. The maximum atomic E-state index is 12.9. The summed E-state index contributed by atoms with van der Waals surface area (Å²) in [5.74, 6) is -1.56. The van der Waals surface area contributed by atoms with Crippen LogP contribution in [0.1, 0.15) is 15.9 Å². The molecule has 0 unspecified atom stereocenters. The van der Waals surface area contributed by atoms with Crippen LogP contribution >= 0.6 is 0 Å². The number of aromatic amines is 1. The maximum Gasteiger partial charge on any atom is 0.335 e. The first-order chi connectivity index (χ1) is 11.0. The minimum atomic E-state index is -1.15. The summed E-state index contributed by atoms with van der Waals surface area (Å²) in [5.41, 5.74) is -0.459. The van der Waals surface area contributed by atoms with Gasteiger partial charge in [0.2, 0.25) is 0 Å². The molecule has 1 aromatic heterocycles. The van der Waals surface area contributed by atoms with Crippen LogP contribution in [0.4, 0.5) is 4.39 Å². The van der Waals surface area contributed by atoms with E-state index in [9.17, 15) is 18.8 Å². The fourth-order valence-corrected chi connectivity index (χ4v) is 2.30. The van der Waals surface area contributed by atoms with Crippen LogP contribution < -0.4 is 11.2 Å². The van der Waals surface area contributed by atoms with Crippen molar-refractivity contribution >= 4 is 16.9 Å². The monoisotopic (exact) mass is 314 g/mol. The molecule has 2 N–H and O–H groups in total. The molecule has 0 amide bonds. The molecule has 0 aliphatic carbocycles.